The summed E-state index contributed by atoms with van der Waals surface area (Å²) in [6.45, 7) is 1.62. The summed E-state index contributed by atoms with van der Waals surface area (Å²) in [5.74, 6) is -2.26. The summed E-state index contributed by atoms with van der Waals surface area (Å²) in [7, 11) is 0. The van der Waals surface area contributed by atoms with Gasteiger partial charge in [0.2, 0.25) is 5.76 Å². The van der Waals surface area contributed by atoms with Crippen LogP contribution >= 0.6 is 0 Å². The van der Waals surface area contributed by atoms with Gasteiger partial charge < -0.3 is 14.8 Å². The van der Waals surface area contributed by atoms with E-state index in [0.29, 0.717) is 11.4 Å². The number of aryl methyl sites for hydroxylation is 1. The predicted octanol–water partition coefficient (Wildman–Crippen LogP) is 2.47. The van der Waals surface area contributed by atoms with Crippen molar-refractivity contribution in [2.45, 2.75) is 6.92 Å². The van der Waals surface area contributed by atoms with Crippen molar-refractivity contribution in [2.24, 2.45) is 0 Å². The lowest BCUT2D eigenvalue weighted by Crippen LogP contribution is -2.12. The van der Waals surface area contributed by atoms with Gasteiger partial charge in [0.15, 0.2) is 6.39 Å². The smallest absolute Gasteiger partial charge is 0.328 e. The maximum atomic E-state index is 13.5. The number of aliphatic carboxylic acids is 1. The fourth-order valence-corrected chi connectivity index (χ4v) is 1.62. The van der Waals surface area contributed by atoms with Crippen LogP contribution in [0.3, 0.4) is 0 Å². The first-order chi connectivity index (χ1) is 9.97. The molecule has 0 radical (unpaired) electrons. The number of halogens is 1. The van der Waals surface area contributed by atoms with E-state index in [1.807, 2.05) is 0 Å². The molecule has 2 aromatic rings. The number of carboxylic acids is 1. The van der Waals surface area contributed by atoms with Crippen LogP contribution in [-0.2, 0) is 4.79 Å². The minimum atomic E-state index is -1.19. The quantitative estimate of drug-likeness (QED) is 0.844. The third-order valence-corrected chi connectivity index (χ3v) is 2.61. The molecule has 1 amide bonds. The summed E-state index contributed by atoms with van der Waals surface area (Å²) in [6.07, 6.45) is 3.06. The molecule has 6 nitrogen and oxygen atoms in total. The second kappa shape index (κ2) is 6.00. The van der Waals surface area contributed by atoms with Gasteiger partial charge in [0.25, 0.3) is 5.91 Å². The van der Waals surface area contributed by atoms with E-state index in [4.69, 9.17) is 9.52 Å². The number of hydrogen-bond donors (Lipinski definition) is 2. The molecule has 0 spiro atoms. The first-order valence-corrected chi connectivity index (χ1v) is 5.89. The van der Waals surface area contributed by atoms with E-state index in [9.17, 15) is 14.0 Å². The van der Waals surface area contributed by atoms with Crippen LogP contribution in [0, 0.1) is 12.7 Å². The number of carboxylic acid groups (broad SMARTS) is 1. The Kier molecular flexibility index (Phi) is 4.13. The van der Waals surface area contributed by atoms with Gasteiger partial charge in [0, 0.05) is 17.3 Å². The first kappa shape index (κ1) is 14.4. The summed E-state index contributed by atoms with van der Waals surface area (Å²) < 4.78 is 18.5. The zero-order valence-electron chi connectivity index (χ0n) is 11.0. The molecule has 1 heterocycles. The molecular formula is C14H11FN2O4. The second-order valence-corrected chi connectivity index (χ2v) is 4.13. The predicted molar refractivity (Wildman–Crippen MR) is 72.3 cm³/mol. The van der Waals surface area contributed by atoms with Crippen molar-refractivity contribution in [3.63, 3.8) is 0 Å². The Morgan fingerprint density at radius 1 is 1.43 bits per heavy atom. The van der Waals surface area contributed by atoms with Gasteiger partial charge in [-0.3, -0.25) is 4.79 Å². The molecule has 0 fully saturated rings. The average molecular weight is 290 g/mol. The minimum Gasteiger partial charge on any atom is -0.478 e. The van der Waals surface area contributed by atoms with Crippen molar-refractivity contribution < 1.29 is 23.5 Å². The van der Waals surface area contributed by atoms with Gasteiger partial charge in [-0.2, -0.15) is 0 Å². The molecule has 0 atom stereocenters. The van der Waals surface area contributed by atoms with Gasteiger partial charge in [0.1, 0.15) is 5.82 Å². The highest BCUT2D eigenvalue weighted by molar-refractivity contribution is 6.03. The lowest BCUT2D eigenvalue weighted by molar-refractivity contribution is -0.131. The number of rotatable bonds is 4. The molecule has 0 saturated heterocycles. The summed E-state index contributed by atoms with van der Waals surface area (Å²) in [5, 5.41) is 11.1. The normalized spacial score (nSPS) is 10.8. The Labute approximate surface area is 118 Å². The number of amides is 1. The van der Waals surface area contributed by atoms with Gasteiger partial charge in [-0.15, -0.1) is 0 Å². The van der Waals surface area contributed by atoms with Crippen LogP contribution in [0.5, 0.6) is 0 Å². The molecule has 2 N–H and O–H groups in total. The topological polar surface area (TPSA) is 92.4 Å². The molecule has 0 aliphatic heterocycles. The SMILES string of the molecule is Cc1ncoc1C(=O)Nc1ccc(F)c(/C=C/C(=O)O)c1. The summed E-state index contributed by atoms with van der Waals surface area (Å²) in [6, 6.07) is 3.81. The maximum absolute atomic E-state index is 13.5. The number of nitrogens with one attached hydrogen (secondary N) is 1. The molecule has 1 aromatic heterocycles. The van der Waals surface area contributed by atoms with Crippen LogP contribution in [0.2, 0.25) is 0 Å². The fraction of sp³-hybridized carbons (Fsp3) is 0.0714. The fourth-order valence-electron chi connectivity index (χ4n) is 1.62. The minimum absolute atomic E-state index is 0.0458. The highest BCUT2D eigenvalue weighted by Crippen LogP contribution is 2.17. The van der Waals surface area contributed by atoms with Gasteiger partial charge in [-0.05, 0) is 31.2 Å². The number of aromatic nitrogens is 1. The average Bonchev–Trinajstić information content (AvgIpc) is 2.85. The van der Waals surface area contributed by atoms with Crippen LogP contribution in [0.4, 0.5) is 10.1 Å². The van der Waals surface area contributed by atoms with Crippen molar-refractivity contribution in [1.82, 2.24) is 4.98 Å². The van der Waals surface area contributed by atoms with E-state index in [-0.39, 0.29) is 11.3 Å². The van der Waals surface area contributed by atoms with E-state index in [1.54, 1.807) is 6.92 Å². The molecule has 108 valence electrons. The van der Waals surface area contributed by atoms with Gasteiger partial charge in [0.05, 0.1) is 5.69 Å². The molecule has 0 saturated carbocycles. The van der Waals surface area contributed by atoms with Crippen molar-refractivity contribution in [3.05, 3.63) is 53.5 Å². The van der Waals surface area contributed by atoms with Gasteiger partial charge in [-0.1, -0.05) is 0 Å². The molecule has 7 heteroatoms. The van der Waals surface area contributed by atoms with Crippen molar-refractivity contribution >= 4 is 23.6 Å². The zero-order chi connectivity index (χ0) is 15.4. The van der Waals surface area contributed by atoms with E-state index < -0.39 is 17.7 Å². The first-order valence-electron chi connectivity index (χ1n) is 5.89. The number of oxazole rings is 1. The molecule has 0 aliphatic rings. The van der Waals surface area contributed by atoms with E-state index in [0.717, 1.165) is 24.6 Å². The standard InChI is InChI=1S/C14H11FN2O4/c1-8-13(21-7-16-8)14(20)17-10-3-4-11(15)9(6-10)2-5-12(18)19/h2-7H,1H3,(H,17,20)(H,18,19)/b5-2+. The Morgan fingerprint density at radius 3 is 2.81 bits per heavy atom. The number of carbonyl (C=O) groups is 2. The van der Waals surface area contributed by atoms with E-state index >= 15 is 0 Å². The Morgan fingerprint density at radius 2 is 2.19 bits per heavy atom. The van der Waals surface area contributed by atoms with Crippen molar-refractivity contribution in [1.29, 1.82) is 0 Å². The second-order valence-electron chi connectivity index (χ2n) is 4.13. The van der Waals surface area contributed by atoms with Crippen LogP contribution in [0.15, 0.2) is 35.1 Å². The zero-order valence-corrected chi connectivity index (χ0v) is 11.0. The summed E-state index contributed by atoms with van der Waals surface area (Å²) in [4.78, 5) is 26.1. The third kappa shape index (κ3) is 3.53. The Bertz CT molecular complexity index is 722. The summed E-state index contributed by atoms with van der Waals surface area (Å²) >= 11 is 0. The molecule has 0 aliphatic carbocycles. The molecule has 1 aromatic carbocycles. The van der Waals surface area contributed by atoms with Crippen molar-refractivity contribution in [2.75, 3.05) is 5.32 Å². The van der Waals surface area contributed by atoms with E-state index in [1.165, 1.54) is 12.1 Å². The molecule has 0 unspecified atom stereocenters. The number of benzene rings is 1. The Hall–Kier alpha value is -2.96. The maximum Gasteiger partial charge on any atom is 0.328 e. The van der Waals surface area contributed by atoms with Crippen LogP contribution in [0.1, 0.15) is 21.8 Å². The monoisotopic (exact) mass is 290 g/mol. The molecule has 2 rings (SSSR count). The largest absolute Gasteiger partial charge is 0.478 e. The highest BCUT2D eigenvalue weighted by atomic mass is 19.1. The van der Waals surface area contributed by atoms with Gasteiger partial charge >= 0.3 is 5.97 Å². The van der Waals surface area contributed by atoms with Crippen LogP contribution < -0.4 is 5.32 Å². The van der Waals surface area contributed by atoms with Crippen molar-refractivity contribution in [3.8, 4) is 0 Å². The molecular weight excluding hydrogens is 279 g/mol. The summed E-state index contributed by atoms with van der Waals surface area (Å²) in [5.41, 5.74) is 0.785. The lowest BCUT2D eigenvalue weighted by atomic mass is 10.1. The number of carbonyl (C=O) groups excluding carboxylic acids is 1. The van der Waals surface area contributed by atoms with Crippen LogP contribution in [-0.4, -0.2) is 22.0 Å². The molecule has 21 heavy (non-hydrogen) atoms. The molecule has 0 bridgehead atoms. The Balaban J connectivity index is 2.21. The third-order valence-electron chi connectivity index (χ3n) is 2.61. The van der Waals surface area contributed by atoms with E-state index in [2.05, 4.69) is 10.3 Å². The number of hydrogen-bond acceptors (Lipinski definition) is 4. The lowest BCUT2D eigenvalue weighted by Gasteiger charge is -2.05. The van der Waals surface area contributed by atoms with Gasteiger partial charge in [-0.25, -0.2) is 14.2 Å². The number of nitrogens with zero attached hydrogens (tertiary/aromatic N) is 1. The van der Waals surface area contributed by atoms with Crippen LogP contribution in [0.25, 0.3) is 6.08 Å². The number of anilines is 1. The highest BCUT2D eigenvalue weighted by Gasteiger charge is 2.14.